The Morgan fingerprint density at radius 3 is 2.71 bits per heavy atom. The number of likely N-dealkylation sites (N-methyl/N-ethyl adjacent to an activating group) is 1. The number of hydrogen-bond donors (Lipinski definition) is 2. The van der Waals surface area contributed by atoms with Gasteiger partial charge in [-0.2, -0.15) is 5.10 Å². The summed E-state index contributed by atoms with van der Waals surface area (Å²) < 4.78 is 18.7. The van der Waals surface area contributed by atoms with E-state index in [1.165, 1.54) is 12.1 Å². The van der Waals surface area contributed by atoms with E-state index in [2.05, 4.69) is 15.5 Å². The van der Waals surface area contributed by atoms with Crippen LogP contribution in [0.3, 0.4) is 0 Å². The number of anilines is 1. The Bertz CT molecular complexity index is 987. The second kappa shape index (κ2) is 10.7. The highest BCUT2D eigenvalue weighted by atomic mass is 19.1. The number of hydrogen-bond acceptors (Lipinski definition) is 4. The zero-order valence-corrected chi connectivity index (χ0v) is 18.2. The number of aromatic nitrogens is 2. The minimum atomic E-state index is -0.286. The predicted molar refractivity (Wildman–Crippen MR) is 121 cm³/mol. The molecule has 3 rings (SSSR count). The molecule has 1 heterocycles. The third-order valence-corrected chi connectivity index (χ3v) is 5.21. The van der Waals surface area contributed by atoms with Crippen LogP contribution < -0.4 is 10.1 Å². The van der Waals surface area contributed by atoms with Crippen molar-refractivity contribution in [1.82, 2.24) is 15.1 Å². The Balaban J connectivity index is 1.48. The lowest BCUT2D eigenvalue weighted by molar-refractivity contribution is -0.120. The fraction of sp³-hybridized carbons (Fsp3) is 0.333. The van der Waals surface area contributed by atoms with E-state index < -0.39 is 0 Å². The Kier molecular flexibility index (Phi) is 7.78. The SMILES string of the molecule is CCOc1ccccc1NC(=O)C(C)N(C)CCCc1cc(-c2ccc(F)cc2)n[nH]1. The fourth-order valence-corrected chi connectivity index (χ4v) is 3.26. The van der Waals surface area contributed by atoms with Gasteiger partial charge >= 0.3 is 0 Å². The van der Waals surface area contributed by atoms with Gasteiger partial charge in [-0.05, 0) is 82.7 Å². The number of carbonyl (C=O) groups excluding carboxylic acids is 1. The highest BCUT2D eigenvalue weighted by molar-refractivity contribution is 5.95. The highest BCUT2D eigenvalue weighted by Gasteiger charge is 2.19. The number of carbonyl (C=O) groups is 1. The molecule has 3 aromatic rings. The lowest BCUT2D eigenvalue weighted by Crippen LogP contribution is -2.40. The van der Waals surface area contributed by atoms with E-state index in [-0.39, 0.29) is 17.8 Å². The van der Waals surface area contributed by atoms with E-state index in [1.807, 2.05) is 56.1 Å². The molecule has 0 aliphatic heterocycles. The molecule has 2 aromatic carbocycles. The Hall–Kier alpha value is -3.19. The van der Waals surface area contributed by atoms with Gasteiger partial charge in [0.05, 0.1) is 24.0 Å². The molecule has 0 aliphatic rings. The zero-order chi connectivity index (χ0) is 22.2. The maximum Gasteiger partial charge on any atom is 0.241 e. The van der Waals surface area contributed by atoms with Crippen LogP contribution in [0.5, 0.6) is 5.75 Å². The average molecular weight is 425 g/mol. The molecule has 0 saturated carbocycles. The molecule has 6 nitrogen and oxygen atoms in total. The van der Waals surface area contributed by atoms with Gasteiger partial charge in [-0.15, -0.1) is 0 Å². The lowest BCUT2D eigenvalue weighted by Gasteiger charge is -2.24. The summed E-state index contributed by atoms with van der Waals surface area (Å²) in [5.41, 5.74) is 3.36. The van der Waals surface area contributed by atoms with Gasteiger partial charge in [-0.3, -0.25) is 14.8 Å². The summed E-state index contributed by atoms with van der Waals surface area (Å²) in [6, 6.07) is 15.4. The number of aromatic amines is 1. The van der Waals surface area contributed by atoms with Crippen LogP contribution in [0.2, 0.25) is 0 Å². The van der Waals surface area contributed by atoms with Crippen LogP contribution in [0.1, 0.15) is 26.0 Å². The minimum Gasteiger partial charge on any atom is -0.492 e. The van der Waals surface area contributed by atoms with Crippen molar-refractivity contribution in [1.29, 1.82) is 0 Å². The van der Waals surface area contributed by atoms with Crippen LogP contribution in [-0.4, -0.2) is 47.2 Å². The first-order valence-corrected chi connectivity index (χ1v) is 10.5. The maximum atomic E-state index is 13.1. The molecule has 0 radical (unpaired) electrons. The highest BCUT2D eigenvalue weighted by Crippen LogP contribution is 2.24. The second-order valence-corrected chi connectivity index (χ2v) is 7.46. The van der Waals surface area contributed by atoms with Crippen molar-refractivity contribution in [2.24, 2.45) is 0 Å². The van der Waals surface area contributed by atoms with Crippen LogP contribution in [0.25, 0.3) is 11.3 Å². The Labute approximate surface area is 182 Å². The molecule has 1 amide bonds. The number of nitrogens with one attached hydrogen (secondary N) is 2. The first-order valence-electron chi connectivity index (χ1n) is 10.5. The Morgan fingerprint density at radius 2 is 1.97 bits per heavy atom. The number of H-pyrrole nitrogens is 1. The molecular weight excluding hydrogens is 395 g/mol. The van der Waals surface area contributed by atoms with Crippen molar-refractivity contribution >= 4 is 11.6 Å². The first kappa shape index (κ1) is 22.5. The molecule has 7 heteroatoms. The zero-order valence-electron chi connectivity index (χ0n) is 18.2. The number of aryl methyl sites for hydroxylation is 1. The van der Waals surface area contributed by atoms with Gasteiger partial charge in [0.1, 0.15) is 11.6 Å². The molecule has 0 aliphatic carbocycles. The molecule has 1 aromatic heterocycles. The summed E-state index contributed by atoms with van der Waals surface area (Å²) in [6.07, 6.45) is 1.68. The number of para-hydroxylation sites is 2. The standard InChI is InChI=1S/C24H29FN4O2/c1-4-31-23-10-6-5-9-21(23)26-24(30)17(2)29(3)15-7-8-20-16-22(28-27-20)18-11-13-19(25)14-12-18/h5-6,9-14,16-17H,4,7-8,15H2,1-3H3,(H,26,30)(H,27,28). The molecular formula is C24H29FN4O2. The number of amides is 1. The van der Waals surface area contributed by atoms with Crippen LogP contribution in [-0.2, 0) is 11.2 Å². The van der Waals surface area contributed by atoms with Crippen LogP contribution in [0.15, 0.2) is 54.6 Å². The molecule has 0 fully saturated rings. The van der Waals surface area contributed by atoms with E-state index in [1.54, 1.807) is 12.1 Å². The fourth-order valence-electron chi connectivity index (χ4n) is 3.26. The van der Waals surface area contributed by atoms with Crippen molar-refractivity contribution in [3.05, 3.63) is 66.1 Å². The lowest BCUT2D eigenvalue weighted by atomic mass is 10.1. The number of benzene rings is 2. The maximum absolute atomic E-state index is 13.1. The number of ether oxygens (including phenoxy) is 1. The monoisotopic (exact) mass is 424 g/mol. The summed E-state index contributed by atoms with van der Waals surface area (Å²) in [5, 5.41) is 10.3. The molecule has 0 spiro atoms. The van der Waals surface area contributed by atoms with E-state index >= 15 is 0 Å². The topological polar surface area (TPSA) is 70.2 Å². The van der Waals surface area contributed by atoms with Gasteiger partial charge < -0.3 is 10.1 Å². The largest absolute Gasteiger partial charge is 0.492 e. The molecule has 164 valence electrons. The quantitative estimate of drug-likeness (QED) is 0.503. The molecule has 0 bridgehead atoms. The average Bonchev–Trinajstić information content (AvgIpc) is 3.24. The first-order chi connectivity index (χ1) is 15.0. The summed E-state index contributed by atoms with van der Waals surface area (Å²) in [7, 11) is 1.94. The summed E-state index contributed by atoms with van der Waals surface area (Å²) in [6.45, 7) is 5.10. The molecule has 31 heavy (non-hydrogen) atoms. The molecule has 0 saturated heterocycles. The normalized spacial score (nSPS) is 12.0. The second-order valence-electron chi connectivity index (χ2n) is 7.46. The van der Waals surface area contributed by atoms with Crippen molar-refractivity contribution < 1.29 is 13.9 Å². The molecule has 1 unspecified atom stereocenters. The minimum absolute atomic E-state index is 0.0743. The number of nitrogens with zero attached hydrogens (tertiary/aromatic N) is 2. The van der Waals surface area contributed by atoms with Crippen molar-refractivity contribution in [3.63, 3.8) is 0 Å². The van der Waals surface area contributed by atoms with Gasteiger partial charge in [0.2, 0.25) is 5.91 Å². The van der Waals surface area contributed by atoms with Crippen LogP contribution >= 0.6 is 0 Å². The molecule has 2 N–H and O–H groups in total. The van der Waals surface area contributed by atoms with E-state index in [9.17, 15) is 9.18 Å². The van der Waals surface area contributed by atoms with E-state index in [4.69, 9.17) is 4.74 Å². The van der Waals surface area contributed by atoms with Crippen LogP contribution in [0, 0.1) is 5.82 Å². The number of rotatable bonds is 10. The van der Waals surface area contributed by atoms with Gasteiger partial charge in [0, 0.05) is 11.3 Å². The third-order valence-electron chi connectivity index (χ3n) is 5.21. The summed E-state index contributed by atoms with van der Waals surface area (Å²) >= 11 is 0. The molecule has 1 atom stereocenters. The Morgan fingerprint density at radius 1 is 1.23 bits per heavy atom. The smallest absolute Gasteiger partial charge is 0.241 e. The van der Waals surface area contributed by atoms with Crippen molar-refractivity contribution in [2.45, 2.75) is 32.7 Å². The van der Waals surface area contributed by atoms with Gasteiger partial charge in [0.15, 0.2) is 0 Å². The van der Waals surface area contributed by atoms with Gasteiger partial charge in [0.25, 0.3) is 0 Å². The van der Waals surface area contributed by atoms with Gasteiger partial charge in [-0.25, -0.2) is 4.39 Å². The van der Waals surface area contributed by atoms with Crippen molar-refractivity contribution in [2.75, 3.05) is 25.5 Å². The predicted octanol–water partition coefficient (Wildman–Crippen LogP) is 4.51. The summed E-state index contributed by atoms with van der Waals surface area (Å²) in [4.78, 5) is 14.7. The third kappa shape index (κ3) is 6.15. The van der Waals surface area contributed by atoms with Crippen molar-refractivity contribution in [3.8, 4) is 17.0 Å². The van der Waals surface area contributed by atoms with E-state index in [0.29, 0.717) is 18.0 Å². The van der Waals surface area contributed by atoms with Gasteiger partial charge in [-0.1, -0.05) is 12.1 Å². The van der Waals surface area contributed by atoms with E-state index in [0.717, 1.165) is 36.3 Å². The number of halogens is 1. The summed E-state index contributed by atoms with van der Waals surface area (Å²) in [5.74, 6) is 0.335. The van der Waals surface area contributed by atoms with Crippen LogP contribution in [0.4, 0.5) is 10.1 Å².